The number of carbonyl (C=O) groups is 1. The summed E-state index contributed by atoms with van der Waals surface area (Å²) in [7, 11) is -2.25. The van der Waals surface area contributed by atoms with Crippen molar-refractivity contribution in [1.29, 1.82) is 0 Å². The molecule has 0 aromatic heterocycles. The third-order valence-electron chi connectivity index (χ3n) is 4.44. The Labute approximate surface area is 128 Å². The molecule has 3 atom stereocenters. The average Bonchev–Trinajstić information content (AvgIpc) is 2.44. The van der Waals surface area contributed by atoms with Gasteiger partial charge in [-0.3, -0.25) is 4.79 Å². The smallest absolute Gasteiger partial charge is 0.320 e. The molecule has 1 rings (SSSR count). The fourth-order valence-electron chi connectivity index (χ4n) is 3.06. The molecular weight excluding hydrogens is 290 g/mol. The molecule has 0 aromatic rings. The highest BCUT2D eigenvalue weighted by Gasteiger charge is 2.40. The number of hydrogen-bond donors (Lipinski definition) is 1. The van der Waals surface area contributed by atoms with E-state index in [1.54, 1.807) is 0 Å². The lowest BCUT2D eigenvalue weighted by Gasteiger charge is -2.37. The first kappa shape index (κ1) is 18.4. The van der Waals surface area contributed by atoms with Crippen molar-refractivity contribution in [2.75, 3.05) is 19.4 Å². The Kier molecular flexibility index (Phi) is 7.13. The van der Waals surface area contributed by atoms with E-state index in [1.165, 1.54) is 7.11 Å². The lowest BCUT2D eigenvalue weighted by Crippen LogP contribution is -2.50. The fraction of sp³-hybridized carbons (Fsp3) is 0.933. The molecule has 0 radical (unpaired) electrons. The summed E-state index contributed by atoms with van der Waals surface area (Å²) >= 11 is 0. The Bertz CT molecular complexity index is 433. The van der Waals surface area contributed by atoms with Crippen molar-refractivity contribution in [2.45, 2.75) is 57.7 Å². The van der Waals surface area contributed by atoms with Gasteiger partial charge in [0.2, 0.25) is 0 Å². The van der Waals surface area contributed by atoms with Gasteiger partial charge in [-0.2, -0.15) is 0 Å². The molecule has 1 saturated carbocycles. The molecule has 0 spiro atoms. The predicted molar refractivity (Wildman–Crippen MR) is 83.9 cm³/mol. The van der Waals surface area contributed by atoms with E-state index < -0.39 is 26.8 Å². The highest BCUT2D eigenvalue weighted by atomic mass is 32.2. The third kappa shape index (κ3) is 5.25. The summed E-state index contributed by atoms with van der Waals surface area (Å²) in [5.41, 5.74) is 0. The van der Waals surface area contributed by atoms with Crippen LogP contribution in [-0.4, -0.2) is 45.1 Å². The van der Waals surface area contributed by atoms with Gasteiger partial charge in [-0.05, 0) is 44.1 Å². The van der Waals surface area contributed by atoms with Crippen LogP contribution < -0.4 is 5.32 Å². The van der Waals surface area contributed by atoms with Crippen molar-refractivity contribution in [3.05, 3.63) is 0 Å². The molecule has 0 bridgehead atoms. The van der Waals surface area contributed by atoms with Crippen LogP contribution in [0.2, 0.25) is 0 Å². The van der Waals surface area contributed by atoms with Crippen molar-refractivity contribution < 1.29 is 17.9 Å². The van der Waals surface area contributed by atoms with Gasteiger partial charge in [-0.15, -0.1) is 0 Å². The van der Waals surface area contributed by atoms with Crippen LogP contribution in [-0.2, 0) is 19.4 Å². The lowest BCUT2D eigenvalue weighted by atomic mass is 9.79. The average molecular weight is 319 g/mol. The minimum Gasteiger partial charge on any atom is -0.468 e. The minimum atomic E-state index is -3.48. The number of rotatable bonds is 7. The number of sulfone groups is 1. The van der Waals surface area contributed by atoms with Crippen LogP contribution in [0.5, 0.6) is 0 Å². The van der Waals surface area contributed by atoms with Crippen LogP contribution in [0.4, 0.5) is 0 Å². The summed E-state index contributed by atoms with van der Waals surface area (Å²) < 4.78 is 29.6. The summed E-state index contributed by atoms with van der Waals surface area (Å²) in [6, 6.07) is -0.0467. The van der Waals surface area contributed by atoms with Crippen LogP contribution in [0.3, 0.4) is 0 Å². The predicted octanol–water partition coefficient (Wildman–Crippen LogP) is 1.77. The van der Waals surface area contributed by atoms with Crippen LogP contribution in [0, 0.1) is 11.8 Å². The maximum Gasteiger partial charge on any atom is 0.320 e. The minimum absolute atomic E-state index is 0.0467. The van der Waals surface area contributed by atoms with Crippen molar-refractivity contribution in [3.63, 3.8) is 0 Å². The number of methoxy groups -OCH3 is 1. The molecule has 0 saturated heterocycles. The first-order chi connectivity index (χ1) is 9.81. The summed E-state index contributed by atoms with van der Waals surface area (Å²) in [6.07, 6.45) is 3.50. The van der Waals surface area contributed by atoms with Gasteiger partial charge in [0.15, 0.2) is 9.84 Å². The molecule has 1 aliphatic rings. The van der Waals surface area contributed by atoms with Crippen LogP contribution in [0.15, 0.2) is 0 Å². The Morgan fingerprint density at radius 1 is 1.33 bits per heavy atom. The molecule has 0 aliphatic heterocycles. The van der Waals surface area contributed by atoms with Gasteiger partial charge in [0.05, 0.1) is 12.4 Å². The molecule has 3 unspecified atom stereocenters. The first-order valence-corrected chi connectivity index (χ1v) is 9.55. The van der Waals surface area contributed by atoms with Gasteiger partial charge >= 0.3 is 5.97 Å². The zero-order valence-electron chi connectivity index (χ0n) is 13.6. The van der Waals surface area contributed by atoms with Gasteiger partial charge in [-0.1, -0.05) is 20.8 Å². The molecular formula is C15H29NO4S. The van der Waals surface area contributed by atoms with Gasteiger partial charge in [0, 0.05) is 6.04 Å². The maximum atomic E-state index is 12.6. The zero-order valence-corrected chi connectivity index (χ0v) is 14.4. The molecule has 1 N–H and O–H groups in total. The number of hydrogen-bond acceptors (Lipinski definition) is 5. The van der Waals surface area contributed by atoms with Crippen LogP contribution in [0.25, 0.3) is 0 Å². The largest absolute Gasteiger partial charge is 0.468 e. The number of carbonyl (C=O) groups excluding carboxylic acids is 1. The zero-order chi connectivity index (χ0) is 16.0. The van der Waals surface area contributed by atoms with Crippen LogP contribution >= 0.6 is 0 Å². The SMILES string of the molecule is CCCNC1CCC(C(C)C)CC1S(=O)(=O)CC(=O)OC. The Morgan fingerprint density at radius 3 is 2.52 bits per heavy atom. The standard InChI is InChI=1S/C15H29NO4S/c1-5-8-16-13-7-6-12(11(2)3)9-14(13)21(18,19)10-15(17)20-4/h11-14,16H,5-10H2,1-4H3. The van der Waals surface area contributed by atoms with Crippen molar-refractivity contribution >= 4 is 15.8 Å². The maximum absolute atomic E-state index is 12.6. The number of nitrogens with one attached hydrogen (secondary N) is 1. The Morgan fingerprint density at radius 2 is 2.00 bits per heavy atom. The number of esters is 1. The second-order valence-electron chi connectivity index (χ2n) is 6.30. The molecule has 1 fully saturated rings. The van der Waals surface area contributed by atoms with Crippen molar-refractivity contribution in [3.8, 4) is 0 Å². The summed E-state index contributed by atoms with van der Waals surface area (Å²) in [5, 5.41) is 2.86. The first-order valence-electron chi connectivity index (χ1n) is 7.83. The van der Waals surface area contributed by atoms with Gasteiger partial charge in [-0.25, -0.2) is 8.42 Å². The normalized spacial score (nSPS) is 26.8. The lowest BCUT2D eigenvalue weighted by molar-refractivity contribution is -0.137. The highest BCUT2D eigenvalue weighted by molar-refractivity contribution is 7.92. The molecule has 21 heavy (non-hydrogen) atoms. The van der Waals surface area contributed by atoms with E-state index in [2.05, 4.69) is 30.8 Å². The van der Waals surface area contributed by atoms with E-state index in [9.17, 15) is 13.2 Å². The van der Waals surface area contributed by atoms with Crippen molar-refractivity contribution in [2.24, 2.45) is 11.8 Å². The molecule has 1 aliphatic carbocycles. The summed E-state index contributed by atoms with van der Waals surface area (Å²) in [4.78, 5) is 11.4. The van der Waals surface area contributed by atoms with Gasteiger partial charge in [0.25, 0.3) is 0 Å². The van der Waals surface area contributed by atoms with E-state index in [0.29, 0.717) is 18.3 Å². The second-order valence-corrected chi connectivity index (χ2v) is 8.52. The van der Waals surface area contributed by atoms with Gasteiger partial charge < -0.3 is 10.1 Å². The monoisotopic (exact) mass is 319 g/mol. The quantitative estimate of drug-likeness (QED) is 0.724. The van der Waals surface area contributed by atoms with E-state index in [1.807, 2.05) is 0 Å². The Balaban J connectivity index is 2.88. The van der Waals surface area contributed by atoms with Gasteiger partial charge in [0.1, 0.15) is 5.75 Å². The molecule has 124 valence electrons. The number of ether oxygens (including phenoxy) is 1. The molecule has 5 nitrogen and oxygen atoms in total. The Hall–Kier alpha value is -0.620. The topological polar surface area (TPSA) is 72.5 Å². The summed E-state index contributed by atoms with van der Waals surface area (Å²) in [6.45, 7) is 7.13. The van der Waals surface area contributed by atoms with E-state index in [-0.39, 0.29) is 6.04 Å². The fourth-order valence-corrected chi connectivity index (χ4v) is 4.99. The van der Waals surface area contributed by atoms with Crippen LogP contribution in [0.1, 0.15) is 46.5 Å². The molecule has 0 aromatic carbocycles. The highest BCUT2D eigenvalue weighted by Crippen LogP contribution is 2.34. The van der Waals surface area contributed by atoms with Crippen molar-refractivity contribution in [1.82, 2.24) is 5.32 Å². The third-order valence-corrected chi connectivity index (χ3v) is 6.52. The van der Waals surface area contributed by atoms with E-state index >= 15 is 0 Å². The van der Waals surface area contributed by atoms with E-state index in [0.717, 1.165) is 25.8 Å². The summed E-state index contributed by atoms with van der Waals surface area (Å²) in [5.74, 6) is -0.311. The molecule has 6 heteroatoms. The molecule has 0 heterocycles. The van der Waals surface area contributed by atoms with E-state index in [4.69, 9.17) is 0 Å². The molecule has 0 amide bonds. The second kappa shape index (κ2) is 8.13.